The number of benzene rings is 1. The largest absolute Gasteiger partial charge is 0.368 e. The molecule has 3 heterocycles. The summed E-state index contributed by atoms with van der Waals surface area (Å²) in [6.45, 7) is 2.46. The van der Waals surface area contributed by atoms with Gasteiger partial charge in [0.15, 0.2) is 0 Å². The van der Waals surface area contributed by atoms with Crippen molar-refractivity contribution in [3.63, 3.8) is 0 Å². The van der Waals surface area contributed by atoms with E-state index in [1.807, 2.05) is 42.9 Å². The van der Waals surface area contributed by atoms with Crippen LogP contribution in [-0.4, -0.2) is 33.2 Å². The molecule has 2 amide bonds. The number of carbonyl (C=O) groups excluding carboxylic acids is 1. The molecule has 2 atom stereocenters. The van der Waals surface area contributed by atoms with Gasteiger partial charge in [-0.25, -0.2) is 14.2 Å². The minimum absolute atomic E-state index is 0.174. The van der Waals surface area contributed by atoms with Crippen molar-refractivity contribution in [2.75, 3.05) is 11.9 Å². The van der Waals surface area contributed by atoms with E-state index < -0.39 is 5.82 Å². The molecule has 2 N–H and O–H groups in total. The van der Waals surface area contributed by atoms with Crippen molar-refractivity contribution in [1.82, 2.24) is 19.9 Å². The number of hydrogen-bond donors (Lipinski definition) is 2. The zero-order chi connectivity index (χ0) is 20.4. The van der Waals surface area contributed by atoms with Crippen molar-refractivity contribution >= 4 is 11.7 Å². The van der Waals surface area contributed by atoms with Crippen LogP contribution in [0, 0.1) is 12.7 Å². The maximum absolute atomic E-state index is 13.5. The third-order valence-electron chi connectivity index (χ3n) is 5.05. The molecule has 8 heteroatoms. The smallest absolute Gasteiger partial charge is 0.319 e. The molecule has 0 saturated carbocycles. The lowest BCUT2D eigenvalue weighted by Crippen LogP contribution is -2.40. The number of halogens is 1. The van der Waals surface area contributed by atoms with Gasteiger partial charge in [0, 0.05) is 43.5 Å². The molecular weight excluding hydrogens is 373 g/mol. The summed E-state index contributed by atoms with van der Waals surface area (Å²) >= 11 is 0. The molecule has 2 aromatic heterocycles. The van der Waals surface area contributed by atoms with Crippen LogP contribution in [0.3, 0.4) is 0 Å². The first kappa shape index (κ1) is 19.1. The van der Waals surface area contributed by atoms with E-state index in [1.165, 1.54) is 6.07 Å². The lowest BCUT2D eigenvalue weighted by atomic mass is 10.0. The van der Waals surface area contributed by atoms with E-state index in [1.54, 1.807) is 12.4 Å². The van der Waals surface area contributed by atoms with Gasteiger partial charge < -0.3 is 19.9 Å². The van der Waals surface area contributed by atoms with Crippen LogP contribution in [0.15, 0.2) is 49.1 Å². The SMILES string of the molecule is Cc1ccc(-c2cncc(F)c2)cc1NC(=O)N[C@@H]1CCO[C@H]1c1nccn1C. The van der Waals surface area contributed by atoms with Crippen molar-refractivity contribution < 1.29 is 13.9 Å². The minimum atomic E-state index is -0.406. The van der Waals surface area contributed by atoms with Crippen LogP contribution >= 0.6 is 0 Å². The number of rotatable bonds is 4. The Morgan fingerprint density at radius 1 is 1.28 bits per heavy atom. The zero-order valence-electron chi connectivity index (χ0n) is 16.2. The molecule has 1 aromatic carbocycles. The van der Waals surface area contributed by atoms with Crippen LogP contribution in [0.25, 0.3) is 11.1 Å². The summed E-state index contributed by atoms with van der Waals surface area (Å²) < 4.78 is 21.2. The Hall–Kier alpha value is -3.26. The van der Waals surface area contributed by atoms with Gasteiger partial charge in [0.25, 0.3) is 0 Å². The topological polar surface area (TPSA) is 81.1 Å². The molecular formula is C21H22FN5O2. The van der Waals surface area contributed by atoms with E-state index in [-0.39, 0.29) is 18.2 Å². The van der Waals surface area contributed by atoms with E-state index >= 15 is 0 Å². The Morgan fingerprint density at radius 3 is 2.90 bits per heavy atom. The predicted molar refractivity (Wildman–Crippen MR) is 107 cm³/mol. The first-order valence-corrected chi connectivity index (χ1v) is 9.39. The summed E-state index contributed by atoms with van der Waals surface area (Å²) in [7, 11) is 1.90. The third-order valence-corrected chi connectivity index (χ3v) is 5.05. The van der Waals surface area contributed by atoms with Gasteiger partial charge in [-0.3, -0.25) is 4.98 Å². The molecule has 4 rings (SSSR count). The van der Waals surface area contributed by atoms with Gasteiger partial charge in [0.2, 0.25) is 0 Å². The third kappa shape index (κ3) is 4.12. The van der Waals surface area contributed by atoms with Crippen LogP contribution < -0.4 is 10.6 Å². The lowest BCUT2D eigenvalue weighted by Gasteiger charge is -2.20. The highest BCUT2D eigenvalue weighted by Crippen LogP contribution is 2.28. The number of nitrogens with one attached hydrogen (secondary N) is 2. The maximum atomic E-state index is 13.5. The Bertz CT molecular complexity index is 1040. The Balaban J connectivity index is 1.48. The zero-order valence-corrected chi connectivity index (χ0v) is 16.2. The highest BCUT2D eigenvalue weighted by Gasteiger charge is 2.33. The van der Waals surface area contributed by atoms with Crippen molar-refractivity contribution in [2.24, 2.45) is 7.05 Å². The van der Waals surface area contributed by atoms with Crippen LogP contribution in [0.4, 0.5) is 14.9 Å². The second-order valence-corrected chi connectivity index (χ2v) is 7.10. The molecule has 0 radical (unpaired) electrons. The molecule has 1 aliphatic rings. The normalized spacial score (nSPS) is 18.6. The second-order valence-electron chi connectivity index (χ2n) is 7.10. The van der Waals surface area contributed by atoms with Gasteiger partial charge in [0.05, 0.1) is 12.2 Å². The monoisotopic (exact) mass is 395 g/mol. The minimum Gasteiger partial charge on any atom is -0.368 e. The summed E-state index contributed by atoms with van der Waals surface area (Å²) in [4.78, 5) is 20.9. The van der Waals surface area contributed by atoms with Crippen molar-refractivity contribution in [3.8, 4) is 11.1 Å². The first-order valence-electron chi connectivity index (χ1n) is 9.39. The standard InChI is InChI=1S/C21H22FN5O2/c1-13-3-4-14(15-9-16(22)12-23-11-15)10-18(13)26-21(28)25-17-5-8-29-19(17)20-24-6-7-27(20)2/h3-4,6-7,9-12,17,19H,5,8H2,1-2H3,(H2,25,26,28)/t17-,19-/m1/s1. The summed E-state index contributed by atoms with van der Waals surface area (Å²) in [5.74, 6) is 0.376. The number of imidazole rings is 1. The lowest BCUT2D eigenvalue weighted by molar-refractivity contribution is 0.0913. The molecule has 7 nitrogen and oxygen atoms in total. The van der Waals surface area contributed by atoms with Crippen LogP contribution in [0.1, 0.15) is 23.9 Å². The summed E-state index contributed by atoms with van der Waals surface area (Å²) in [5, 5.41) is 5.88. The van der Waals surface area contributed by atoms with Crippen molar-refractivity contribution in [1.29, 1.82) is 0 Å². The van der Waals surface area contributed by atoms with Crippen LogP contribution in [0.5, 0.6) is 0 Å². The molecule has 1 fully saturated rings. The van der Waals surface area contributed by atoms with Crippen molar-refractivity contribution in [2.45, 2.75) is 25.5 Å². The predicted octanol–water partition coefficient (Wildman–Crippen LogP) is 3.58. The van der Waals surface area contributed by atoms with Crippen molar-refractivity contribution in [3.05, 3.63) is 66.3 Å². The Kier molecular flexibility index (Phi) is 5.26. The second kappa shape index (κ2) is 8.00. The molecule has 1 aliphatic heterocycles. The molecule has 0 spiro atoms. The molecule has 3 aromatic rings. The number of aromatic nitrogens is 3. The molecule has 29 heavy (non-hydrogen) atoms. The molecule has 0 unspecified atom stereocenters. The average Bonchev–Trinajstić information content (AvgIpc) is 3.31. The van der Waals surface area contributed by atoms with E-state index in [4.69, 9.17) is 4.74 Å². The first-order chi connectivity index (χ1) is 14.0. The number of hydrogen-bond acceptors (Lipinski definition) is 4. The van der Waals surface area contributed by atoms with E-state index in [2.05, 4.69) is 20.6 Å². The number of amides is 2. The van der Waals surface area contributed by atoms with E-state index in [0.717, 1.165) is 23.1 Å². The molecule has 0 bridgehead atoms. The number of nitrogens with zero attached hydrogens (tertiary/aromatic N) is 3. The van der Waals surface area contributed by atoms with E-state index in [9.17, 15) is 9.18 Å². The van der Waals surface area contributed by atoms with Gasteiger partial charge in [-0.2, -0.15) is 0 Å². The number of urea groups is 1. The molecule has 0 aliphatic carbocycles. The summed E-state index contributed by atoms with van der Waals surface area (Å²) in [6, 6.07) is 6.48. The summed E-state index contributed by atoms with van der Waals surface area (Å²) in [5.41, 5.74) is 2.97. The number of aryl methyl sites for hydroxylation is 2. The van der Waals surface area contributed by atoms with Gasteiger partial charge >= 0.3 is 6.03 Å². The Morgan fingerprint density at radius 2 is 2.14 bits per heavy atom. The highest BCUT2D eigenvalue weighted by atomic mass is 19.1. The van der Waals surface area contributed by atoms with Gasteiger partial charge in [-0.15, -0.1) is 0 Å². The van der Waals surface area contributed by atoms with E-state index in [0.29, 0.717) is 24.3 Å². The molecule has 150 valence electrons. The fourth-order valence-electron chi connectivity index (χ4n) is 3.48. The maximum Gasteiger partial charge on any atom is 0.319 e. The Labute approximate surface area is 167 Å². The average molecular weight is 395 g/mol. The quantitative estimate of drug-likeness (QED) is 0.708. The van der Waals surface area contributed by atoms with Crippen LogP contribution in [-0.2, 0) is 11.8 Å². The highest BCUT2D eigenvalue weighted by molar-refractivity contribution is 5.91. The number of ether oxygens (including phenoxy) is 1. The molecule has 1 saturated heterocycles. The number of pyridine rings is 1. The number of anilines is 1. The summed E-state index contributed by atoms with van der Waals surface area (Å²) in [6.07, 6.45) is 6.73. The van der Waals surface area contributed by atoms with Crippen LogP contribution in [0.2, 0.25) is 0 Å². The number of carbonyl (C=O) groups is 1. The fraction of sp³-hybridized carbons (Fsp3) is 0.286. The van der Waals surface area contributed by atoms with Gasteiger partial charge in [0.1, 0.15) is 17.7 Å². The van der Waals surface area contributed by atoms with Gasteiger partial charge in [-0.1, -0.05) is 12.1 Å². The fourth-order valence-corrected chi connectivity index (χ4v) is 3.48. The van der Waals surface area contributed by atoms with Gasteiger partial charge in [-0.05, 0) is 36.6 Å².